The SMILES string of the molecule is CC(O)(COC[C@@H]1CC[C@H](n2cnc3c(=O)[nH]c(N)nc32)O1)OC[C@@H]1CC[C@H](n2cnc3c(N)ncnc32)O1. The zero-order valence-electron chi connectivity index (χ0n) is 21.3. The van der Waals surface area contributed by atoms with Gasteiger partial charge in [0.15, 0.2) is 28.4 Å². The molecule has 1 unspecified atom stereocenters. The molecular weight excluding hydrogens is 512 g/mol. The maximum atomic E-state index is 12.0. The molecule has 16 nitrogen and oxygen atoms in total. The van der Waals surface area contributed by atoms with Gasteiger partial charge in [-0.1, -0.05) is 0 Å². The number of ether oxygens (including phenoxy) is 4. The van der Waals surface area contributed by atoms with Gasteiger partial charge in [-0.25, -0.2) is 19.9 Å². The van der Waals surface area contributed by atoms with E-state index in [0.29, 0.717) is 29.0 Å². The molecule has 0 saturated carbocycles. The molecule has 208 valence electrons. The fourth-order valence-corrected chi connectivity index (χ4v) is 4.96. The van der Waals surface area contributed by atoms with Crippen LogP contribution in [0.1, 0.15) is 45.1 Å². The van der Waals surface area contributed by atoms with Gasteiger partial charge in [-0.3, -0.25) is 18.9 Å². The Morgan fingerprint density at radius 2 is 1.67 bits per heavy atom. The second-order valence-electron chi connectivity index (χ2n) is 9.94. The number of fused-ring (bicyclic) bond motifs is 2. The van der Waals surface area contributed by atoms with Crippen LogP contribution in [0, 0.1) is 0 Å². The van der Waals surface area contributed by atoms with E-state index in [4.69, 9.17) is 30.4 Å². The number of aromatic nitrogens is 8. The molecule has 6 N–H and O–H groups in total. The summed E-state index contributed by atoms with van der Waals surface area (Å²) in [4.78, 5) is 35.3. The van der Waals surface area contributed by atoms with Crippen molar-refractivity contribution >= 4 is 34.1 Å². The Balaban J connectivity index is 0.961. The number of imidazole rings is 2. The van der Waals surface area contributed by atoms with Crippen LogP contribution in [0.3, 0.4) is 0 Å². The van der Waals surface area contributed by atoms with E-state index in [0.717, 1.165) is 19.3 Å². The quantitative estimate of drug-likeness (QED) is 0.208. The number of nitrogens with zero attached hydrogens (tertiary/aromatic N) is 7. The third-order valence-electron chi connectivity index (χ3n) is 6.88. The van der Waals surface area contributed by atoms with Gasteiger partial charge in [-0.15, -0.1) is 0 Å². The van der Waals surface area contributed by atoms with Gasteiger partial charge in [0.1, 0.15) is 30.9 Å². The molecule has 6 rings (SSSR count). The van der Waals surface area contributed by atoms with E-state index in [1.807, 2.05) is 4.57 Å². The van der Waals surface area contributed by atoms with Crippen LogP contribution < -0.4 is 17.0 Å². The van der Waals surface area contributed by atoms with E-state index in [9.17, 15) is 9.90 Å². The van der Waals surface area contributed by atoms with Crippen LogP contribution in [0.2, 0.25) is 0 Å². The minimum atomic E-state index is -1.51. The average molecular weight is 543 g/mol. The summed E-state index contributed by atoms with van der Waals surface area (Å²) in [6.45, 7) is 1.96. The summed E-state index contributed by atoms with van der Waals surface area (Å²) in [7, 11) is 0. The van der Waals surface area contributed by atoms with Crippen molar-refractivity contribution in [2.45, 2.75) is 63.1 Å². The fraction of sp³-hybridized carbons (Fsp3) is 0.565. The van der Waals surface area contributed by atoms with Gasteiger partial charge in [-0.05, 0) is 32.6 Å². The molecule has 0 aromatic carbocycles. The minimum Gasteiger partial charge on any atom is -0.382 e. The summed E-state index contributed by atoms with van der Waals surface area (Å²) >= 11 is 0. The average Bonchev–Trinajstić information content (AvgIpc) is 3.68. The van der Waals surface area contributed by atoms with E-state index in [-0.39, 0.29) is 55.9 Å². The lowest BCUT2D eigenvalue weighted by atomic mass is 10.2. The van der Waals surface area contributed by atoms with Gasteiger partial charge in [0.2, 0.25) is 5.95 Å². The highest BCUT2D eigenvalue weighted by Crippen LogP contribution is 2.32. The van der Waals surface area contributed by atoms with Crippen molar-refractivity contribution in [3.05, 3.63) is 29.3 Å². The lowest BCUT2D eigenvalue weighted by molar-refractivity contribution is -0.236. The normalized spacial score (nSPS) is 25.1. The molecule has 0 bridgehead atoms. The summed E-state index contributed by atoms with van der Waals surface area (Å²) in [6.07, 6.45) is 6.43. The predicted molar refractivity (Wildman–Crippen MR) is 136 cm³/mol. The van der Waals surface area contributed by atoms with Crippen molar-refractivity contribution in [2.75, 3.05) is 31.3 Å². The van der Waals surface area contributed by atoms with Crippen LogP contribution >= 0.6 is 0 Å². The van der Waals surface area contributed by atoms with E-state index in [1.54, 1.807) is 17.8 Å². The number of aromatic amines is 1. The molecule has 0 radical (unpaired) electrons. The van der Waals surface area contributed by atoms with Gasteiger partial charge in [-0.2, -0.15) is 4.98 Å². The molecule has 0 amide bonds. The van der Waals surface area contributed by atoms with Crippen LogP contribution in [0.15, 0.2) is 23.8 Å². The molecular formula is C23H30N10O6. The maximum absolute atomic E-state index is 12.0. The van der Waals surface area contributed by atoms with Gasteiger partial charge < -0.3 is 35.5 Å². The fourth-order valence-electron chi connectivity index (χ4n) is 4.96. The number of aliphatic hydroxyl groups is 1. The lowest BCUT2D eigenvalue weighted by Crippen LogP contribution is -2.37. The first-order chi connectivity index (χ1) is 18.8. The van der Waals surface area contributed by atoms with Crippen molar-refractivity contribution < 1.29 is 24.1 Å². The molecule has 5 atom stereocenters. The number of nitrogens with one attached hydrogen (secondary N) is 1. The second-order valence-corrected chi connectivity index (χ2v) is 9.94. The molecule has 0 aliphatic carbocycles. The summed E-state index contributed by atoms with van der Waals surface area (Å²) in [5.74, 6) is -1.17. The summed E-state index contributed by atoms with van der Waals surface area (Å²) in [5, 5.41) is 10.7. The van der Waals surface area contributed by atoms with Crippen molar-refractivity contribution in [3.8, 4) is 0 Å². The van der Waals surface area contributed by atoms with Gasteiger partial charge >= 0.3 is 0 Å². The largest absolute Gasteiger partial charge is 0.382 e. The molecule has 0 spiro atoms. The Labute approximate surface area is 221 Å². The standard InChI is InChI=1S/C23H30N10O6/c1-23(35,37-7-13-3-5-14(39-13)32-10-28-16-18(24)26-9-27-19(16)32)8-36-6-12-2-4-15(38-12)33-11-29-17-20(33)30-22(25)31-21(17)34/h9-15,35H,2-8H2,1H3,(H2,24,26,27)(H3,25,30,31,34)/t12-,13-,14+,15+,23?/m0/s1. The van der Waals surface area contributed by atoms with Gasteiger partial charge in [0, 0.05) is 0 Å². The molecule has 2 saturated heterocycles. The third kappa shape index (κ3) is 5.16. The molecule has 2 aliphatic heterocycles. The Hall–Kier alpha value is -3.70. The van der Waals surface area contributed by atoms with Crippen molar-refractivity contribution in [1.82, 2.24) is 39.0 Å². The Bertz CT molecular complexity index is 1530. The molecule has 4 aromatic heterocycles. The third-order valence-corrected chi connectivity index (χ3v) is 6.88. The lowest BCUT2D eigenvalue weighted by Gasteiger charge is -2.26. The molecule has 6 heterocycles. The Morgan fingerprint density at radius 1 is 1.00 bits per heavy atom. The zero-order valence-corrected chi connectivity index (χ0v) is 21.3. The summed E-state index contributed by atoms with van der Waals surface area (Å²) < 4.78 is 27.2. The highest BCUT2D eigenvalue weighted by molar-refractivity contribution is 5.81. The summed E-state index contributed by atoms with van der Waals surface area (Å²) in [6, 6.07) is 0. The van der Waals surface area contributed by atoms with Gasteiger partial charge in [0.25, 0.3) is 5.56 Å². The van der Waals surface area contributed by atoms with Crippen molar-refractivity contribution in [1.29, 1.82) is 0 Å². The Morgan fingerprint density at radius 3 is 2.41 bits per heavy atom. The highest BCUT2D eigenvalue weighted by Gasteiger charge is 2.33. The first kappa shape index (κ1) is 25.6. The van der Waals surface area contributed by atoms with Crippen molar-refractivity contribution in [2.24, 2.45) is 0 Å². The number of nitrogen functional groups attached to an aromatic ring is 2. The van der Waals surface area contributed by atoms with Crippen LogP contribution in [-0.2, 0) is 18.9 Å². The van der Waals surface area contributed by atoms with E-state index >= 15 is 0 Å². The van der Waals surface area contributed by atoms with Crippen LogP contribution in [-0.4, -0.2) is 82.0 Å². The van der Waals surface area contributed by atoms with Gasteiger partial charge in [0.05, 0.1) is 38.1 Å². The van der Waals surface area contributed by atoms with Crippen LogP contribution in [0.5, 0.6) is 0 Å². The number of hydrogen-bond donors (Lipinski definition) is 4. The highest BCUT2D eigenvalue weighted by atomic mass is 16.7. The second kappa shape index (κ2) is 10.1. The maximum Gasteiger partial charge on any atom is 0.280 e. The van der Waals surface area contributed by atoms with E-state index in [1.165, 1.54) is 12.7 Å². The monoisotopic (exact) mass is 542 g/mol. The number of nitrogens with two attached hydrogens (primary N) is 2. The van der Waals surface area contributed by atoms with E-state index < -0.39 is 11.3 Å². The molecule has 2 fully saturated rings. The number of anilines is 2. The minimum absolute atomic E-state index is 0.0165. The molecule has 16 heteroatoms. The molecule has 2 aliphatic rings. The molecule has 39 heavy (non-hydrogen) atoms. The smallest absolute Gasteiger partial charge is 0.280 e. The van der Waals surface area contributed by atoms with Crippen LogP contribution in [0.4, 0.5) is 11.8 Å². The summed E-state index contributed by atoms with van der Waals surface area (Å²) in [5.41, 5.74) is 12.9. The van der Waals surface area contributed by atoms with Crippen molar-refractivity contribution in [3.63, 3.8) is 0 Å². The number of hydrogen-bond acceptors (Lipinski definition) is 13. The Kier molecular flexibility index (Phi) is 6.64. The van der Waals surface area contributed by atoms with E-state index in [2.05, 4.69) is 29.9 Å². The predicted octanol–water partition coefficient (Wildman–Crippen LogP) is 0.221. The van der Waals surface area contributed by atoms with Crippen LogP contribution in [0.25, 0.3) is 22.3 Å². The topological polar surface area (TPSA) is 216 Å². The first-order valence-corrected chi connectivity index (χ1v) is 12.7. The number of H-pyrrole nitrogens is 1. The number of rotatable bonds is 9. The molecule has 4 aromatic rings. The zero-order chi connectivity index (χ0) is 27.1. The first-order valence-electron chi connectivity index (χ1n) is 12.7.